The fourth-order valence-corrected chi connectivity index (χ4v) is 3.36. The minimum Gasteiger partial charge on any atom is -0.378 e. The molecular weight excluding hydrogens is 378 g/mol. The van der Waals surface area contributed by atoms with Crippen LogP contribution in [0.3, 0.4) is 0 Å². The first-order valence-electron chi connectivity index (χ1n) is 9.31. The van der Waals surface area contributed by atoms with E-state index in [-0.39, 0.29) is 19.8 Å². The summed E-state index contributed by atoms with van der Waals surface area (Å²) in [6.45, 7) is -0.646. The maximum atomic E-state index is 11.2. The van der Waals surface area contributed by atoms with Crippen molar-refractivity contribution in [3.05, 3.63) is 81.9 Å². The first-order chi connectivity index (χ1) is 14.0. The van der Waals surface area contributed by atoms with Crippen LogP contribution in [0.25, 0.3) is 0 Å². The van der Waals surface area contributed by atoms with E-state index in [1.165, 1.54) is 7.11 Å². The summed E-state index contributed by atoms with van der Waals surface area (Å²) < 4.78 is 22.9. The lowest BCUT2D eigenvalue weighted by molar-refractivity contribution is -0.513. The average Bonchev–Trinajstić information content (AvgIpc) is 2.72. The topological polar surface area (TPSA) is 100 Å². The standard InChI is InChI=1S/C21H25NO7/c1-26-20-18(27-12-16-8-4-2-5-9-16)19(21(23,15-29-20)14-22(24)25)28-13-17-10-6-3-7-11-17/h2-11,18-20,23H,12-15H2,1H3/t18-,19-,20+,21+/m0/s1. The molecule has 0 amide bonds. The number of hydrogen-bond donors (Lipinski definition) is 1. The number of nitrogens with zero attached hydrogens (tertiary/aromatic N) is 1. The van der Waals surface area contributed by atoms with Gasteiger partial charge < -0.3 is 24.1 Å². The van der Waals surface area contributed by atoms with Crippen LogP contribution < -0.4 is 0 Å². The lowest BCUT2D eigenvalue weighted by atomic mass is 9.90. The van der Waals surface area contributed by atoms with Crippen LogP contribution in [0.1, 0.15) is 11.1 Å². The third kappa shape index (κ3) is 5.59. The third-order valence-electron chi connectivity index (χ3n) is 4.79. The SMILES string of the molecule is CO[C@@H]1OC[C@](O)(C[N+](=O)[O-])[C@@H](OCc2ccccc2)[C@@H]1OCc1ccccc1. The Morgan fingerprint density at radius 2 is 1.62 bits per heavy atom. The van der Waals surface area contributed by atoms with Crippen LogP contribution in [0.15, 0.2) is 60.7 Å². The highest BCUT2D eigenvalue weighted by Gasteiger charge is 2.54. The summed E-state index contributed by atoms with van der Waals surface area (Å²) in [7, 11) is 1.45. The van der Waals surface area contributed by atoms with E-state index in [2.05, 4.69) is 0 Å². The molecule has 1 aliphatic rings. The van der Waals surface area contributed by atoms with Gasteiger partial charge in [0.2, 0.25) is 6.54 Å². The van der Waals surface area contributed by atoms with E-state index in [0.717, 1.165) is 11.1 Å². The number of nitro groups is 1. The number of ether oxygens (including phenoxy) is 4. The summed E-state index contributed by atoms with van der Waals surface area (Å²) >= 11 is 0. The van der Waals surface area contributed by atoms with Gasteiger partial charge in [-0.3, -0.25) is 10.1 Å². The van der Waals surface area contributed by atoms with Crippen molar-refractivity contribution in [3.63, 3.8) is 0 Å². The Hall–Kier alpha value is -2.36. The van der Waals surface area contributed by atoms with Crippen molar-refractivity contribution in [2.75, 3.05) is 20.3 Å². The van der Waals surface area contributed by atoms with E-state index in [1.807, 2.05) is 60.7 Å². The molecule has 0 radical (unpaired) electrons. The first-order valence-corrected chi connectivity index (χ1v) is 9.31. The summed E-state index contributed by atoms with van der Waals surface area (Å²) in [6, 6.07) is 18.8. The zero-order valence-corrected chi connectivity index (χ0v) is 16.2. The summed E-state index contributed by atoms with van der Waals surface area (Å²) in [6.07, 6.45) is -2.70. The number of rotatable bonds is 9. The van der Waals surface area contributed by atoms with Gasteiger partial charge >= 0.3 is 0 Å². The molecule has 156 valence electrons. The van der Waals surface area contributed by atoms with Crippen LogP contribution >= 0.6 is 0 Å². The maximum Gasteiger partial charge on any atom is 0.237 e. The van der Waals surface area contributed by atoms with Crippen molar-refractivity contribution in [1.29, 1.82) is 0 Å². The highest BCUT2D eigenvalue weighted by molar-refractivity contribution is 5.15. The van der Waals surface area contributed by atoms with Gasteiger partial charge in [-0.2, -0.15) is 0 Å². The van der Waals surface area contributed by atoms with Crippen molar-refractivity contribution in [2.24, 2.45) is 0 Å². The average molecular weight is 403 g/mol. The Morgan fingerprint density at radius 3 is 2.14 bits per heavy atom. The minimum absolute atomic E-state index is 0.160. The second kappa shape index (κ2) is 9.91. The van der Waals surface area contributed by atoms with Gasteiger partial charge in [0.05, 0.1) is 19.8 Å². The summed E-state index contributed by atoms with van der Waals surface area (Å²) in [5, 5.41) is 22.2. The summed E-state index contributed by atoms with van der Waals surface area (Å²) in [5.41, 5.74) is -0.0694. The molecule has 1 heterocycles. The van der Waals surface area contributed by atoms with E-state index in [1.54, 1.807) is 0 Å². The van der Waals surface area contributed by atoms with Crippen LogP contribution in [-0.2, 0) is 32.2 Å². The molecule has 29 heavy (non-hydrogen) atoms. The summed E-state index contributed by atoms with van der Waals surface area (Å²) in [5.74, 6) is 0. The van der Waals surface area contributed by atoms with Crippen LogP contribution in [0.2, 0.25) is 0 Å². The lowest BCUT2D eigenvalue weighted by Gasteiger charge is -2.44. The normalized spacial score (nSPS) is 26.9. The molecule has 0 spiro atoms. The number of hydrogen-bond acceptors (Lipinski definition) is 7. The second-order valence-electron chi connectivity index (χ2n) is 6.99. The zero-order chi connectivity index (χ0) is 20.7. The molecular formula is C21H25NO7. The van der Waals surface area contributed by atoms with E-state index in [4.69, 9.17) is 18.9 Å². The Kier molecular flexibility index (Phi) is 7.29. The van der Waals surface area contributed by atoms with Crippen molar-refractivity contribution in [2.45, 2.75) is 37.3 Å². The van der Waals surface area contributed by atoms with E-state index >= 15 is 0 Å². The quantitative estimate of drug-likeness (QED) is 0.506. The fraction of sp³-hybridized carbons (Fsp3) is 0.429. The third-order valence-corrected chi connectivity index (χ3v) is 4.79. The van der Waals surface area contributed by atoms with Crippen LogP contribution in [0, 0.1) is 10.1 Å². The summed E-state index contributed by atoms with van der Waals surface area (Å²) in [4.78, 5) is 10.6. The number of aliphatic hydroxyl groups is 1. The fourth-order valence-electron chi connectivity index (χ4n) is 3.36. The largest absolute Gasteiger partial charge is 0.378 e. The molecule has 1 saturated heterocycles. The smallest absolute Gasteiger partial charge is 0.237 e. The van der Waals surface area contributed by atoms with Gasteiger partial charge in [0.1, 0.15) is 12.2 Å². The van der Waals surface area contributed by atoms with E-state index in [0.29, 0.717) is 0 Å². The zero-order valence-electron chi connectivity index (χ0n) is 16.2. The molecule has 0 saturated carbocycles. The van der Waals surface area contributed by atoms with Crippen molar-refractivity contribution in [1.82, 2.24) is 0 Å². The molecule has 8 heteroatoms. The van der Waals surface area contributed by atoms with Crippen molar-refractivity contribution in [3.8, 4) is 0 Å². The maximum absolute atomic E-state index is 11.2. The lowest BCUT2D eigenvalue weighted by Crippen LogP contribution is -2.65. The molecule has 3 rings (SSSR count). The van der Waals surface area contributed by atoms with E-state index < -0.39 is 35.6 Å². The first kappa shape index (κ1) is 21.4. The predicted molar refractivity (Wildman–Crippen MR) is 104 cm³/mol. The highest BCUT2D eigenvalue weighted by Crippen LogP contribution is 2.31. The van der Waals surface area contributed by atoms with Crippen molar-refractivity contribution >= 4 is 0 Å². The van der Waals surface area contributed by atoms with Gasteiger partial charge in [-0.15, -0.1) is 0 Å². The molecule has 2 aromatic rings. The van der Waals surface area contributed by atoms with Crippen LogP contribution in [0.5, 0.6) is 0 Å². The second-order valence-corrected chi connectivity index (χ2v) is 6.99. The molecule has 0 aliphatic carbocycles. The molecule has 0 unspecified atom stereocenters. The Labute approximate surface area is 169 Å². The number of methoxy groups -OCH3 is 1. The molecule has 0 bridgehead atoms. The molecule has 8 nitrogen and oxygen atoms in total. The van der Waals surface area contributed by atoms with Gasteiger partial charge in [-0.25, -0.2) is 0 Å². The molecule has 1 fully saturated rings. The highest BCUT2D eigenvalue weighted by atomic mass is 16.7. The van der Waals surface area contributed by atoms with E-state index in [9.17, 15) is 15.2 Å². The molecule has 1 aliphatic heterocycles. The Balaban J connectivity index is 1.81. The predicted octanol–water partition coefficient (Wildman–Crippen LogP) is 2.17. The molecule has 2 aromatic carbocycles. The van der Waals surface area contributed by atoms with Gasteiger partial charge in [0, 0.05) is 12.0 Å². The molecule has 0 aromatic heterocycles. The monoisotopic (exact) mass is 403 g/mol. The van der Waals surface area contributed by atoms with Crippen molar-refractivity contribution < 1.29 is 29.0 Å². The Bertz CT molecular complexity index is 773. The van der Waals surface area contributed by atoms with Gasteiger partial charge in [-0.05, 0) is 11.1 Å². The van der Waals surface area contributed by atoms with Gasteiger partial charge in [-0.1, -0.05) is 60.7 Å². The van der Waals surface area contributed by atoms with Crippen LogP contribution in [-0.4, -0.2) is 54.4 Å². The molecule has 4 atom stereocenters. The minimum atomic E-state index is -1.85. The van der Waals surface area contributed by atoms with Gasteiger partial charge in [0.15, 0.2) is 11.9 Å². The Morgan fingerprint density at radius 1 is 1.07 bits per heavy atom. The van der Waals surface area contributed by atoms with Crippen LogP contribution in [0.4, 0.5) is 0 Å². The number of benzene rings is 2. The molecule has 1 N–H and O–H groups in total. The van der Waals surface area contributed by atoms with Gasteiger partial charge in [0.25, 0.3) is 0 Å².